The molecule has 1 aromatic heterocycles. The van der Waals surface area contributed by atoms with Crippen molar-refractivity contribution in [2.45, 2.75) is 32.1 Å². The SMILES string of the molecule is CCCS(=O)(=O)N1CCC(c2cn(C)c3ccccc23)CC1. The molecular weight excluding hydrogens is 296 g/mol. The van der Waals surface area contributed by atoms with Crippen LogP contribution in [0.1, 0.15) is 37.7 Å². The first-order valence-electron chi connectivity index (χ1n) is 8.04. The lowest BCUT2D eigenvalue weighted by molar-refractivity contribution is 0.320. The van der Waals surface area contributed by atoms with Gasteiger partial charge in [0.05, 0.1) is 5.75 Å². The Kier molecular flexibility index (Phi) is 4.28. The van der Waals surface area contributed by atoms with Crippen LogP contribution >= 0.6 is 0 Å². The van der Waals surface area contributed by atoms with E-state index in [1.165, 1.54) is 16.5 Å². The smallest absolute Gasteiger partial charge is 0.214 e. The van der Waals surface area contributed by atoms with E-state index in [0.29, 0.717) is 25.4 Å². The van der Waals surface area contributed by atoms with Gasteiger partial charge in [0.2, 0.25) is 10.0 Å². The minimum absolute atomic E-state index is 0.270. The highest BCUT2D eigenvalue weighted by molar-refractivity contribution is 7.89. The van der Waals surface area contributed by atoms with Gasteiger partial charge in [0.1, 0.15) is 0 Å². The van der Waals surface area contributed by atoms with Gasteiger partial charge in [-0.3, -0.25) is 0 Å². The summed E-state index contributed by atoms with van der Waals surface area (Å²) in [4.78, 5) is 0. The maximum absolute atomic E-state index is 12.2. The molecular formula is C17H24N2O2S. The zero-order chi connectivity index (χ0) is 15.7. The fraction of sp³-hybridized carbons (Fsp3) is 0.529. The number of aromatic nitrogens is 1. The third-order valence-electron chi connectivity index (χ3n) is 4.68. The molecule has 5 heteroatoms. The molecule has 2 heterocycles. The molecule has 0 saturated carbocycles. The first kappa shape index (κ1) is 15.6. The Bertz CT molecular complexity index is 756. The highest BCUT2D eigenvalue weighted by atomic mass is 32.2. The van der Waals surface area contributed by atoms with Crippen LogP contribution in [-0.4, -0.2) is 36.1 Å². The molecule has 0 bridgehead atoms. The van der Waals surface area contributed by atoms with Crippen LogP contribution in [0.4, 0.5) is 0 Å². The average Bonchev–Trinajstić information content (AvgIpc) is 2.85. The van der Waals surface area contributed by atoms with Gasteiger partial charge in [-0.1, -0.05) is 25.1 Å². The van der Waals surface area contributed by atoms with Crippen LogP contribution in [0.25, 0.3) is 10.9 Å². The minimum Gasteiger partial charge on any atom is -0.350 e. The molecule has 1 aliphatic rings. The molecule has 0 aliphatic carbocycles. The molecule has 1 aliphatic heterocycles. The molecule has 0 atom stereocenters. The molecule has 3 rings (SSSR count). The number of benzene rings is 1. The lowest BCUT2D eigenvalue weighted by Gasteiger charge is -2.31. The van der Waals surface area contributed by atoms with Gasteiger partial charge >= 0.3 is 0 Å². The van der Waals surface area contributed by atoms with E-state index in [2.05, 4.69) is 42.1 Å². The van der Waals surface area contributed by atoms with Crippen molar-refractivity contribution in [3.8, 4) is 0 Å². The summed E-state index contributed by atoms with van der Waals surface area (Å²) < 4.78 is 28.2. The van der Waals surface area contributed by atoms with E-state index in [-0.39, 0.29) is 5.75 Å². The first-order chi connectivity index (χ1) is 10.5. The number of sulfonamides is 1. The van der Waals surface area contributed by atoms with E-state index in [1.54, 1.807) is 4.31 Å². The molecule has 1 fully saturated rings. The summed E-state index contributed by atoms with van der Waals surface area (Å²) in [6, 6.07) is 8.45. The van der Waals surface area contributed by atoms with Crippen LogP contribution in [0.15, 0.2) is 30.5 Å². The third kappa shape index (κ3) is 2.79. The Morgan fingerprint density at radius 1 is 1.18 bits per heavy atom. The van der Waals surface area contributed by atoms with E-state index in [4.69, 9.17) is 0 Å². The number of aryl methyl sites for hydroxylation is 1. The van der Waals surface area contributed by atoms with Crippen molar-refractivity contribution < 1.29 is 8.42 Å². The van der Waals surface area contributed by atoms with Crippen molar-refractivity contribution in [3.05, 3.63) is 36.0 Å². The molecule has 4 nitrogen and oxygen atoms in total. The Balaban J connectivity index is 1.79. The van der Waals surface area contributed by atoms with E-state index < -0.39 is 10.0 Å². The Morgan fingerprint density at radius 3 is 2.55 bits per heavy atom. The quantitative estimate of drug-likeness (QED) is 0.869. The number of piperidine rings is 1. The first-order valence-corrected chi connectivity index (χ1v) is 9.65. The number of hydrogen-bond donors (Lipinski definition) is 0. The van der Waals surface area contributed by atoms with E-state index >= 15 is 0 Å². The standard InChI is InChI=1S/C17H24N2O2S/c1-3-12-22(20,21)19-10-8-14(9-11-19)16-13-18(2)17-7-5-4-6-15(16)17/h4-7,13-14H,3,8-12H2,1-2H3. The second-order valence-corrected chi connectivity index (χ2v) is 8.29. The van der Waals surface area contributed by atoms with Crippen LogP contribution in [0.3, 0.4) is 0 Å². The van der Waals surface area contributed by atoms with Gasteiger partial charge in [0, 0.05) is 37.2 Å². The second kappa shape index (κ2) is 6.05. The van der Waals surface area contributed by atoms with Gasteiger partial charge in [-0.25, -0.2) is 12.7 Å². The summed E-state index contributed by atoms with van der Waals surface area (Å²) in [5.41, 5.74) is 2.61. The van der Waals surface area contributed by atoms with Gasteiger partial charge in [-0.15, -0.1) is 0 Å². The van der Waals surface area contributed by atoms with Crippen molar-refractivity contribution in [1.82, 2.24) is 8.87 Å². The summed E-state index contributed by atoms with van der Waals surface area (Å²) in [5.74, 6) is 0.727. The summed E-state index contributed by atoms with van der Waals surface area (Å²) in [6.45, 7) is 3.22. The summed E-state index contributed by atoms with van der Waals surface area (Å²) in [7, 11) is -0.972. The van der Waals surface area contributed by atoms with Gasteiger partial charge in [0.25, 0.3) is 0 Å². The number of rotatable bonds is 4. The van der Waals surface area contributed by atoms with Gasteiger partial charge in [0.15, 0.2) is 0 Å². The highest BCUT2D eigenvalue weighted by Crippen LogP contribution is 2.34. The number of nitrogens with zero attached hydrogens (tertiary/aromatic N) is 2. The van der Waals surface area contributed by atoms with Crippen LogP contribution in [0.2, 0.25) is 0 Å². The highest BCUT2D eigenvalue weighted by Gasteiger charge is 2.29. The summed E-state index contributed by atoms with van der Waals surface area (Å²) in [6.07, 6.45) is 4.73. The third-order valence-corrected chi connectivity index (χ3v) is 6.75. The minimum atomic E-state index is -3.05. The van der Waals surface area contributed by atoms with Crippen molar-refractivity contribution in [3.63, 3.8) is 0 Å². The Labute approximate surface area is 132 Å². The van der Waals surface area contributed by atoms with Crippen molar-refractivity contribution in [2.75, 3.05) is 18.8 Å². The van der Waals surface area contributed by atoms with E-state index in [9.17, 15) is 8.42 Å². The molecule has 22 heavy (non-hydrogen) atoms. The van der Waals surface area contributed by atoms with Crippen molar-refractivity contribution in [2.24, 2.45) is 7.05 Å². The van der Waals surface area contributed by atoms with Crippen molar-refractivity contribution >= 4 is 20.9 Å². The zero-order valence-corrected chi connectivity index (χ0v) is 14.1. The number of hydrogen-bond acceptors (Lipinski definition) is 2. The predicted molar refractivity (Wildman–Crippen MR) is 90.5 cm³/mol. The Hall–Kier alpha value is -1.33. The summed E-state index contributed by atoms with van der Waals surface area (Å²) in [5, 5.41) is 1.31. The molecule has 1 aromatic carbocycles. The Morgan fingerprint density at radius 2 is 1.86 bits per heavy atom. The predicted octanol–water partition coefficient (Wildman–Crippen LogP) is 3.10. The molecule has 0 unspecified atom stereocenters. The zero-order valence-electron chi connectivity index (χ0n) is 13.3. The van der Waals surface area contributed by atoms with Crippen LogP contribution in [0.5, 0.6) is 0 Å². The average molecular weight is 320 g/mol. The van der Waals surface area contributed by atoms with Crippen molar-refractivity contribution in [1.29, 1.82) is 0 Å². The summed E-state index contributed by atoms with van der Waals surface area (Å²) >= 11 is 0. The maximum Gasteiger partial charge on any atom is 0.214 e. The molecule has 0 N–H and O–H groups in total. The second-order valence-electron chi connectivity index (χ2n) is 6.20. The monoisotopic (exact) mass is 320 g/mol. The molecule has 0 spiro atoms. The lowest BCUT2D eigenvalue weighted by atomic mass is 9.90. The normalized spacial score (nSPS) is 18.1. The molecule has 0 amide bonds. The van der Waals surface area contributed by atoms with Crippen LogP contribution in [-0.2, 0) is 17.1 Å². The van der Waals surface area contributed by atoms with Gasteiger partial charge in [-0.05, 0) is 36.8 Å². The maximum atomic E-state index is 12.2. The largest absolute Gasteiger partial charge is 0.350 e. The van der Waals surface area contributed by atoms with E-state index in [0.717, 1.165) is 12.8 Å². The van der Waals surface area contributed by atoms with Crippen LogP contribution in [0, 0.1) is 0 Å². The lowest BCUT2D eigenvalue weighted by Crippen LogP contribution is -2.39. The fourth-order valence-electron chi connectivity index (χ4n) is 3.53. The van der Waals surface area contributed by atoms with Crippen LogP contribution < -0.4 is 0 Å². The van der Waals surface area contributed by atoms with E-state index in [1.807, 2.05) is 6.92 Å². The molecule has 0 radical (unpaired) electrons. The molecule has 120 valence electrons. The van der Waals surface area contributed by atoms with Gasteiger partial charge in [-0.2, -0.15) is 0 Å². The number of para-hydroxylation sites is 1. The van der Waals surface area contributed by atoms with Gasteiger partial charge < -0.3 is 4.57 Å². The topological polar surface area (TPSA) is 42.3 Å². The fourth-order valence-corrected chi connectivity index (χ4v) is 5.07. The molecule has 2 aromatic rings. The number of fused-ring (bicyclic) bond motifs is 1. The molecule has 1 saturated heterocycles.